The molecule has 0 spiro atoms. The van der Waals surface area contributed by atoms with Crippen molar-refractivity contribution in [1.82, 2.24) is 9.88 Å². The van der Waals surface area contributed by atoms with Crippen LogP contribution in [0.3, 0.4) is 0 Å². The van der Waals surface area contributed by atoms with Gasteiger partial charge in [-0.15, -0.1) is 0 Å². The van der Waals surface area contributed by atoms with Crippen molar-refractivity contribution in [3.8, 4) is 5.75 Å². The Morgan fingerprint density at radius 1 is 1.23 bits per heavy atom. The third kappa shape index (κ3) is 4.08. The van der Waals surface area contributed by atoms with Crippen LogP contribution in [0.5, 0.6) is 5.75 Å². The van der Waals surface area contributed by atoms with Crippen molar-refractivity contribution in [2.45, 2.75) is 6.92 Å². The van der Waals surface area contributed by atoms with Crippen molar-refractivity contribution in [3.63, 3.8) is 0 Å². The summed E-state index contributed by atoms with van der Waals surface area (Å²) in [6.45, 7) is 4.10. The highest BCUT2D eigenvalue weighted by Crippen LogP contribution is 2.27. The van der Waals surface area contributed by atoms with Gasteiger partial charge in [-0.05, 0) is 30.7 Å². The van der Waals surface area contributed by atoms with Gasteiger partial charge < -0.3 is 14.5 Å². The summed E-state index contributed by atoms with van der Waals surface area (Å²) in [7, 11) is 0. The number of ether oxygens (including phenoxy) is 1. The second-order valence-corrected chi connectivity index (χ2v) is 6.07. The van der Waals surface area contributed by atoms with Crippen LogP contribution in [0.25, 0.3) is 0 Å². The number of rotatable bonds is 5. The fourth-order valence-electron chi connectivity index (χ4n) is 2.84. The molecular formula is C18H20N4O4. The second kappa shape index (κ2) is 7.81. The molecule has 136 valence electrons. The summed E-state index contributed by atoms with van der Waals surface area (Å²) in [5.41, 5.74) is 0.699. The zero-order valence-electron chi connectivity index (χ0n) is 14.5. The normalized spacial score (nSPS) is 14.2. The minimum atomic E-state index is -0.509. The van der Waals surface area contributed by atoms with E-state index in [0.717, 1.165) is 11.4 Å². The number of carbonyl (C=O) groups is 1. The molecule has 1 aliphatic heterocycles. The quantitative estimate of drug-likeness (QED) is 0.602. The molecule has 1 fully saturated rings. The van der Waals surface area contributed by atoms with Gasteiger partial charge in [0.05, 0.1) is 4.92 Å². The first-order valence-electron chi connectivity index (χ1n) is 8.36. The lowest BCUT2D eigenvalue weighted by Crippen LogP contribution is -2.50. The van der Waals surface area contributed by atoms with Gasteiger partial charge in [-0.25, -0.2) is 4.98 Å². The van der Waals surface area contributed by atoms with Gasteiger partial charge in [0.1, 0.15) is 5.82 Å². The summed E-state index contributed by atoms with van der Waals surface area (Å²) in [5, 5.41) is 11.1. The number of carbonyl (C=O) groups excluding carboxylic acids is 1. The molecule has 1 aromatic heterocycles. The van der Waals surface area contributed by atoms with Gasteiger partial charge in [0.2, 0.25) is 0 Å². The van der Waals surface area contributed by atoms with Crippen molar-refractivity contribution in [2.24, 2.45) is 0 Å². The summed E-state index contributed by atoms with van der Waals surface area (Å²) >= 11 is 0. The monoisotopic (exact) mass is 356 g/mol. The fourth-order valence-corrected chi connectivity index (χ4v) is 2.84. The number of nitro groups is 1. The molecule has 0 radical (unpaired) electrons. The third-order valence-corrected chi connectivity index (χ3v) is 4.27. The number of piperazine rings is 1. The number of nitrogens with zero attached hydrogens (tertiary/aromatic N) is 4. The number of hydrogen-bond donors (Lipinski definition) is 0. The van der Waals surface area contributed by atoms with Gasteiger partial charge in [0, 0.05) is 38.4 Å². The minimum Gasteiger partial charge on any atom is -0.477 e. The highest BCUT2D eigenvalue weighted by Gasteiger charge is 2.23. The number of pyridine rings is 1. The molecule has 0 N–H and O–H groups in total. The van der Waals surface area contributed by atoms with E-state index in [9.17, 15) is 14.9 Å². The maximum atomic E-state index is 12.4. The zero-order valence-corrected chi connectivity index (χ0v) is 14.5. The summed E-state index contributed by atoms with van der Waals surface area (Å²) < 4.78 is 5.45. The van der Waals surface area contributed by atoms with E-state index >= 15 is 0 Å². The van der Waals surface area contributed by atoms with Gasteiger partial charge in [0.15, 0.2) is 12.4 Å². The molecule has 0 bridgehead atoms. The molecule has 0 aliphatic carbocycles. The fraction of sp³-hybridized carbons (Fsp3) is 0.333. The van der Waals surface area contributed by atoms with Gasteiger partial charge in [-0.1, -0.05) is 12.1 Å². The summed E-state index contributed by atoms with van der Waals surface area (Å²) in [6, 6.07) is 10.3. The molecule has 0 saturated carbocycles. The van der Waals surface area contributed by atoms with E-state index in [2.05, 4.69) is 9.88 Å². The Morgan fingerprint density at radius 2 is 2.00 bits per heavy atom. The molecule has 2 heterocycles. The van der Waals surface area contributed by atoms with Crippen molar-refractivity contribution in [2.75, 3.05) is 37.7 Å². The lowest BCUT2D eigenvalue weighted by atomic mass is 10.2. The first-order valence-corrected chi connectivity index (χ1v) is 8.36. The first kappa shape index (κ1) is 17.7. The molecule has 1 saturated heterocycles. The highest BCUT2D eigenvalue weighted by molar-refractivity contribution is 5.78. The van der Waals surface area contributed by atoms with Crippen molar-refractivity contribution in [3.05, 3.63) is 58.3 Å². The first-order chi connectivity index (χ1) is 12.5. The number of anilines is 1. The van der Waals surface area contributed by atoms with Crippen molar-refractivity contribution < 1.29 is 14.5 Å². The molecule has 1 aromatic carbocycles. The SMILES string of the molecule is Cc1ccc([N+](=O)[O-])c(OCC(=O)N2CCN(c3ccccn3)CC2)c1. The van der Waals surface area contributed by atoms with Gasteiger partial charge in [-0.2, -0.15) is 0 Å². The lowest BCUT2D eigenvalue weighted by Gasteiger charge is -2.35. The van der Waals surface area contributed by atoms with Gasteiger partial charge in [0.25, 0.3) is 5.91 Å². The topological polar surface area (TPSA) is 88.8 Å². The van der Waals surface area contributed by atoms with E-state index < -0.39 is 4.92 Å². The maximum absolute atomic E-state index is 12.4. The lowest BCUT2D eigenvalue weighted by molar-refractivity contribution is -0.385. The molecule has 26 heavy (non-hydrogen) atoms. The molecule has 8 nitrogen and oxygen atoms in total. The molecule has 2 aromatic rings. The van der Waals surface area contributed by atoms with E-state index in [1.807, 2.05) is 25.1 Å². The predicted octanol–water partition coefficient (Wildman–Crippen LogP) is 2.03. The van der Waals surface area contributed by atoms with E-state index in [0.29, 0.717) is 26.2 Å². The van der Waals surface area contributed by atoms with Crippen molar-refractivity contribution in [1.29, 1.82) is 0 Å². The van der Waals surface area contributed by atoms with E-state index in [1.54, 1.807) is 23.2 Å². The number of nitro benzene ring substituents is 1. The molecular weight excluding hydrogens is 336 g/mol. The average Bonchev–Trinajstić information content (AvgIpc) is 2.66. The van der Waals surface area contributed by atoms with E-state index in [1.165, 1.54) is 6.07 Å². The Kier molecular flexibility index (Phi) is 5.31. The van der Waals surface area contributed by atoms with Crippen LogP contribution >= 0.6 is 0 Å². The van der Waals surface area contributed by atoms with Gasteiger partial charge in [-0.3, -0.25) is 14.9 Å². The summed E-state index contributed by atoms with van der Waals surface area (Å²) in [6.07, 6.45) is 1.75. The standard InChI is InChI=1S/C18H20N4O4/c1-14-5-6-15(22(24)25)16(12-14)26-13-18(23)21-10-8-20(9-11-21)17-4-2-3-7-19-17/h2-7,12H,8-11,13H2,1H3. The number of benzene rings is 1. The van der Waals surface area contributed by atoms with E-state index in [-0.39, 0.29) is 24.0 Å². The second-order valence-electron chi connectivity index (χ2n) is 6.07. The van der Waals surface area contributed by atoms with Crippen LogP contribution in [0, 0.1) is 17.0 Å². The number of aromatic nitrogens is 1. The smallest absolute Gasteiger partial charge is 0.310 e. The number of amides is 1. The van der Waals surface area contributed by atoms with Crippen LogP contribution in [0.2, 0.25) is 0 Å². The molecule has 8 heteroatoms. The van der Waals surface area contributed by atoms with Gasteiger partial charge >= 0.3 is 5.69 Å². The average molecular weight is 356 g/mol. The summed E-state index contributed by atoms with van der Waals surface area (Å²) in [5.74, 6) is 0.836. The molecule has 3 rings (SSSR count). The minimum absolute atomic E-state index is 0.121. The van der Waals surface area contributed by atoms with Crippen LogP contribution < -0.4 is 9.64 Å². The maximum Gasteiger partial charge on any atom is 0.310 e. The Labute approximate surface area is 151 Å². The summed E-state index contributed by atoms with van der Waals surface area (Å²) in [4.78, 5) is 31.1. The number of aryl methyl sites for hydroxylation is 1. The van der Waals surface area contributed by atoms with Crippen LogP contribution in [0.1, 0.15) is 5.56 Å². The Balaban J connectivity index is 1.55. The highest BCUT2D eigenvalue weighted by atomic mass is 16.6. The molecule has 0 atom stereocenters. The Morgan fingerprint density at radius 3 is 2.65 bits per heavy atom. The van der Waals surface area contributed by atoms with E-state index in [4.69, 9.17) is 4.74 Å². The largest absolute Gasteiger partial charge is 0.477 e. The van der Waals surface area contributed by atoms with Crippen LogP contribution in [-0.2, 0) is 4.79 Å². The third-order valence-electron chi connectivity index (χ3n) is 4.27. The van der Waals surface area contributed by atoms with Crippen molar-refractivity contribution >= 4 is 17.4 Å². The number of hydrogen-bond acceptors (Lipinski definition) is 6. The van der Waals surface area contributed by atoms with Crippen LogP contribution in [0.4, 0.5) is 11.5 Å². The molecule has 1 aliphatic rings. The Bertz CT molecular complexity index is 789. The predicted molar refractivity (Wildman–Crippen MR) is 96.4 cm³/mol. The van der Waals surface area contributed by atoms with Crippen LogP contribution in [-0.4, -0.2) is 53.5 Å². The Hall–Kier alpha value is -3.16. The van der Waals surface area contributed by atoms with Crippen LogP contribution in [0.15, 0.2) is 42.6 Å². The molecule has 0 unspecified atom stereocenters. The molecule has 1 amide bonds. The zero-order chi connectivity index (χ0) is 18.5.